The number of benzene rings is 1. The van der Waals surface area contributed by atoms with Gasteiger partial charge < -0.3 is 16.2 Å². The molecule has 1 aromatic carbocycles. The Morgan fingerprint density at radius 3 is 2.37 bits per heavy atom. The molecule has 1 aliphatic carbocycles. The average Bonchev–Trinajstić information content (AvgIpc) is 3.22. The summed E-state index contributed by atoms with van der Waals surface area (Å²) in [6, 6.07) is 5.86. The van der Waals surface area contributed by atoms with Crippen molar-refractivity contribution in [1.29, 1.82) is 0 Å². The molecule has 1 aromatic rings. The van der Waals surface area contributed by atoms with Crippen molar-refractivity contribution < 1.29 is 14.7 Å². The first kappa shape index (κ1) is 13.5. The normalized spacial score (nSPS) is 17.6. The molecule has 0 aliphatic heterocycles. The highest BCUT2D eigenvalue weighted by atomic mass is 16.4. The minimum Gasteiger partial charge on any atom is -0.478 e. The molecule has 0 saturated heterocycles. The summed E-state index contributed by atoms with van der Waals surface area (Å²) in [5.74, 6) is -0.780. The highest BCUT2D eigenvalue weighted by molar-refractivity contribution is 5.87. The van der Waals surface area contributed by atoms with Crippen molar-refractivity contribution in [3.63, 3.8) is 0 Å². The second kappa shape index (κ2) is 5.40. The second-order valence-corrected chi connectivity index (χ2v) is 5.02. The molecule has 5 nitrogen and oxygen atoms in total. The first-order valence-corrected chi connectivity index (χ1v) is 6.38. The van der Waals surface area contributed by atoms with Crippen LogP contribution in [0.1, 0.15) is 41.7 Å². The van der Waals surface area contributed by atoms with Crippen molar-refractivity contribution in [2.75, 3.05) is 0 Å². The number of hydrogen-bond acceptors (Lipinski definition) is 3. The number of carboxylic acid groups (broad SMARTS) is 1. The van der Waals surface area contributed by atoms with E-state index in [4.69, 9.17) is 10.8 Å². The maximum Gasteiger partial charge on any atom is 0.335 e. The van der Waals surface area contributed by atoms with Crippen molar-refractivity contribution in [3.8, 4) is 0 Å². The van der Waals surface area contributed by atoms with E-state index in [-0.39, 0.29) is 17.5 Å². The molecular weight excluding hydrogens is 244 g/mol. The van der Waals surface area contributed by atoms with E-state index in [1.807, 2.05) is 6.92 Å². The van der Waals surface area contributed by atoms with Gasteiger partial charge in [0.05, 0.1) is 17.6 Å². The zero-order valence-electron chi connectivity index (χ0n) is 10.8. The molecule has 2 rings (SSSR count). The quantitative estimate of drug-likeness (QED) is 0.745. The van der Waals surface area contributed by atoms with Gasteiger partial charge in [-0.1, -0.05) is 12.1 Å². The lowest BCUT2D eigenvalue weighted by atomic mass is 10.1. The smallest absolute Gasteiger partial charge is 0.335 e. The first-order valence-electron chi connectivity index (χ1n) is 6.38. The second-order valence-electron chi connectivity index (χ2n) is 5.02. The Hall–Kier alpha value is -1.88. The van der Waals surface area contributed by atoms with Gasteiger partial charge in [0.15, 0.2) is 0 Å². The van der Waals surface area contributed by atoms with Crippen LogP contribution >= 0.6 is 0 Å². The summed E-state index contributed by atoms with van der Waals surface area (Å²) >= 11 is 0. The van der Waals surface area contributed by atoms with E-state index in [0.29, 0.717) is 5.92 Å². The molecule has 2 unspecified atom stereocenters. The van der Waals surface area contributed by atoms with Gasteiger partial charge in [0.1, 0.15) is 0 Å². The summed E-state index contributed by atoms with van der Waals surface area (Å²) < 4.78 is 0. The SMILES string of the molecule is CC(NC(=O)C(N)C1CC1)c1ccc(C(=O)O)cc1. The third-order valence-corrected chi connectivity index (χ3v) is 3.45. The van der Waals surface area contributed by atoms with Crippen LogP contribution in [0.15, 0.2) is 24.3 Å². The van der Waals surface area contributed by atoms with E-state index in [1.54, 1.807) is 12.1 Å². The fourth-order valence-electron chi connectivity index (χ4n) is 1.98. The maximum absolute atomic E-state index is 11.9. The molecule has 1 amide bonds. The number of aromatic carboxylic acids is 1. The fraction of sp³-hybridized carbons (Fsp3) is 0.429. The molecule has 0 bridgehead atoms. The van der Waals surface area contributed by atoms with Crippen LogP contribution in [0.3, 0.4) is 0 Å². The monoisotopic (exact) mass is 262 g/mol. The number of carboxylic acids is 1. The predicted octanol–water partition coefficient (Wildman–Crippen LogP) is 1.30. The lowest BCUT2D eigenvalue weighted by Crippen LogP contribution is -2.42. The van der Waals surface area contributed by atoms with E-state index in [1.165, 1.54) is 12.1 Å². The summed E-state index contributed by atoms with van der Waals surface area (Å²) in [6.45, 7) is 1.85. The first-order chi connectivity index (χ1) is 8.99. The van der Waals surface area contributed by atoms with Crippen molar-refractivity contribution in [2.24, 2.45) is 11.7 Å². The number of amides is 1. The van der Waals surface area contributed by atoms with E-state index >= 15 is 0 Å². The lowest BCUT2D eigenvalue weighted by molar-refractivity contribution is -0.123. The Bertz CT molecular complexity index is 480. The lowest BCUT2D eigenvalue weighted by Gasteiger charge is -2.17. The predicted molar refractivity (Wildman–Crippen MR) is 70.7 cm³/mol. The summed E-state index contributed by atoms with van der Waals surface area (Å²) in [5.41, 5.74) is 6.92. The van der Waals surface area contributed by atoms with Crippen LogP contribution in [0.2, 0.25) is 0 Å². The molecule has 1 fully saturated rings. The molecule has 2 atom stereocenters. The molecule has 5 heteroatoms. The highest BCUT2D eigenvalue weighted by Crippen LogP contribution is 2.31. The van der Waals surface area contributed by atoms with Crippen molar-refractivity contribution >= 4 is 11.9 Å². The summed E-state index contributed by atoms with van der Waals surface area (Å²) in [4.78, 5) is 22.6. The molecule has 0 radical (unpaired) electrons. The van der Waals surface area contributed by atoms with Gasteiger partial charge in [-0.3, -0.25) is 4.79 Å². The van der Waals surface area contributed by atoms with Gasteiger partial charge >= 0.3 is 5.97 Å². The van der Waals surface area contributed by atoms with Crippen LogP contribution < -0.4 is 11.1 Å². The number of carbonyl (C=O) groups is 2. The number of nitrogens with two attached hydrogens (primary N) is 1. The third kappa shape index (κ3) is 3.32. The Labute approximate surface area is 111 Å². The van der Waals surface area contributed by atoms with E-state index in [2.05, 4.69) is 5.32 Å². The minimum absolute atomic E-state index is 0.141. The van der Waals surface area contributed by atoms with Crippen molar-refractivity contribution in [2.45, 2.75) is 31.8 Å². The number of carbonyl (C=O) groups excluding carboxylic acids is 1. The molecule has 4 N–H and O–H groups in total. The van der Waals surface area contributed by atoms with Gasteiger partial charge in [0.25, 0.3) is 0 Å². The van der Waals surface area contributed by atoms with Crippen LogP contribution in [-0.2, 0) is 4.79 Å². The third-order valence-electron chi connectivity index (χ3n) is 3.45. The fourth-order valence-corrected chi connectivity index (χ4v) is 1.98. The molecule has 0 heterocycles. The summed E-state index contributed by atoms with van der Waals surface area (Å²) in [7, 11) is 0. The summed E-state index contributed by atoms with van der Waals surface area (Å²) in [6.07, 6.45) is 2.05. The summed E-state index contributed by atoms with van der Waals surface area (Å²) in [5, 5.41) is 11.7. The van der Waals surface area contributed by atoms with Gasteiger partial charge in [0.2, 0.25) is 5.91 Å². The number of nitrogens with one attached hydrogen (secondary N) is 1. The van der Waals surface area contributed by atoms with Crippen molar-refractivity contribution in [1.82, 2.24) is 5.32 Å². The van der Waals surface area contributed by atoms with Gasteiger partial charge in [-0.05, 0) is 43.4 Å². The Balaban J connectivity index is 1.96. The molecule has 102 valence electrons. The van der Waals surface area contributed by atoms with Crippen LogP contribution in [0, 0.1) is 5.92 Å². The van der Waals surface area contributed by atoms with E-state index in [9.17, 15) is 9.59 Å². The van der Waals surface area contributed by atoms with Gasteiger partial charge in [-0.15, -0.1) is 0 Å². The number of rotatable bonds is 5. The molecule has 1 saturated carbocycles. The molecule has 19 heavy (non-hydrogen) atoms. The topological polar surface area (TPSA) is 92.4 Å². The van der Waals surface area contributed by atoms with Crippen LogP contribution in [-0.4, -0.2) is 23.0 Å². The molecule has 1 aliphatic rings. The molecular formula is C14H18N2O3. The van der Waals surface area contributed by atoms with Gasteiger partial charge in [-0.2, -0.15) is 0 Å². The zero-order valence-corrected chi connectivity index (χ0v) is 10.8. The van der Waals surface area contributed by atoms with Crippen molar-refractivity contribution in [3.05, 3.63) is 35.4 Å². The van der Waals surface area contributed by atoms with E-state index in [0.717, 1.165) is 18.4 Å². The Kier molecular flexibility index (Phi) is 3.85. The van der Waals surface area contributed by atoms with E-state index < -0.39 is 12.0 Å². The maximum atomic E-state index is 11.9. The Morgan fingerprint density at radius 2 is 1.89 bits per heavy atom. The number of hydrogen-bond donors (Lipinski definition) is 3. The highest BCUT2D eigenvalue weighted by Gasteiger charge is 2.33. The van der Waals surface area contributed by atoms with Crippen LogP contribution in [0.25, 0.3) is 0 Å². The van der Waals surface area contributed by atoms with Gasteiger partial charge in [0, 0.05) is 0 Å². The van der Waals surface area contributed by atoms with Crippen LogP contribution in [0.4, 0.5) is 0 Å². The van der Waals surface area contributed by atoms with Crippen LogP contribution in [0.5, 0.6) is 0 Å². The Morgan fingerprint density at radius 1 is 1.32 bits per heavy atom. The minimum atomic E-state index is -0.959. The van der Waals surface area contributed by atoms with Gasteiger partial charge in [-0.25, -0.2) is 4.79 Å². The largest absolute Gasteiger partial charge is 0.478 e. The average molecular weight is 262 g/mol. The zero-order chi connectivity index (χ0) is 14.0. The molecule has 0 aromatic heterocycles. The standard InChI is InChI=1S/C14H18N2O3/c1-8(16-13(17)12(15)10-4-5-10)9-2-6-11(7-3-9)14(18)19/h2-3,6-8,10,12H,4-5,15H2,1H3,(H,16,17)(H,18,19). The molecule has 0 spiro atoms.